The van der Waals surface area contributed by atoms with Crippen molar-refractivity contribution >= 4 is 17.6 Å². The average Bonchev–Trinajstić information content (AvgIpc) is 3.05. The summed E-state index contributed by atoms with van der Waals surface area (Å²) < 4.78 is 0. The molecule has 2 bridgehead atoms. The van der Waals surface area contributed by atoms with Crippen LogP contribution in [0.5, 0.6) is 0 Å². The number of imide groups is 1. The summed E-state index contributed by atoms with van der Waals surface area (Å²) in [5.74, 6) is -1.94. The van der Waals surface area contributed by atoms with Gasteiger partial charge in [-0.2, -0.15) is 0 Å². The molecule has 2 atom stereocenters. The number of ketones is 1. The molecule has 1 heterocycles. The Balaban J connectivity index is 1.61. The summed E-state index contributed by atoms with van der Waals surface area (Å²) in [6.07, 6.45) is 0. The van der Waals surface area contributed by atoms with E-state index in [4.69, 9.17) is 0 Å². The van der Waals surface area contributed by atoms with Crippen LogP contribution in [0.2, 0.25) is 0 Å². The van der Waals surface area contributed by atoms with Crippen molar-refractivity contribution in [2.75, 3.05) is 0 Å². The van der Waals surface area contributed by atoms with Gasteiger partial charge in [-0.3, -0.25) is 19.3 Å². The molecule has 0 N–H and O–H groups in total. The van der Waals surface area contributed by atoms with Crippen molar-refractivity contribution in [2.45, 2.75) is 24.8 Å². The average molecular weight is 407 g/mol. The largest absolute Gasteiger partial charge is 0.299 e. The second-order valence-electron chi connectivity index (χ2n) is 8.77. The Morgan fingerprint density at radius 1 is 0.806 bits per heavy atom. The van der Waals surface area contributed by atoms with Crippen LogP contribution in [0.3, 0.4) is 0 Å². The van der Waals surface area contributed by atoms with Gasteiger partial charge in [-0.15, -0.1) is 0 Å². The highest BCUT2D eigenvalue weighted by Crippen LogP contribution is 2.64. The Bertz CT molecular complexity index is 1210. The van der Waals surface area contributed by atoms with Gasteiger partial charge in [0.2, 0.25) is 11.8 Å². The second-order valence-corrected chi connectivity index (χ2v) is 8.77. The van der Waals surface area contributed by atoms with Crippen LogP contribution in [-0.4, -0.2) is 22.5 Å². The van der Waals surface area contributed by atoms with Crippen LogP contribution in [0.4, 0.5) is 0 Å². The van der Waals surface area contributed by atoms with Gasteiger partial charge in [0, 0.05) is 5.92 Å². The molecule has 0 spiro atoms. The van der Waals surface area contributed by atoms with Crippen LogP contribution in [-0.2, 0) is 26.3 Å². The maximum absolute atomic E-state index is 13.8. The van der Waals surface area contributed by atoms with Crippen LogP contribution in [0, 0.1) is 11.8 Å². The molecule has 0 unspecified atom stereocenters. The van der Waals surface area contributed by atoms with Gasteiger partial charge < -0.3 is 0 Å². The smallest absolute Gasteiger partial charge is 0.235 e. The lowest BCUT2D eigenvalue weighted by molar-refractivity contribution is -0.142. The number of hydrogen-bond donors (Lipinski definition) is 0. The fourth-order valence-electron chi connectivity index (χ4n) is 6.35. The number of benzene rings is 3. The van der Waals surface area contributed by atoms with E-state index in [9.17, 15) is 14.4 Å². The maximum Gasteiger partial charge on any atom is 0.235 e. The molecule has 1 aliphatic heterocycles. The van der Waals surface area contributed by atoms with E-state index in [-0.39, 0.29) is 30.1 Å². The van der Waals surface area contributed by atoms with Crippen molar-refractivity contribution in [3.05, 3.63) is 107 Å². The Morgan fingerprint density at radius 2 is 1.35 bits per heavy atom. The summed E-state index contributed by atoms with van der Waals surface area (Å²) in [5, 5.41) is 0. The lowest BCUT2D eigenvalue weighted by Crippen LogP contribution is -2.57. The molecular weight excluding hydrogens is 386 g/mol. The van der Waals surface area contributed by atoms with Crippen LogP contribution in [0.1, 0.15) is 40.7 Å². The molecule has 152 valence electrons. The molecule has 0 saturated carbocycles. The van der Waals surface area contributed by atoms with E-state index in [0.29, 0.717) is 0 Å². The third-order valence-corrected chi connectivity index (χ3v) is 7.45. The molecule has 3 aromatic rings. The normalized spacial score (nSPS) is 27.6. The van der Waals surface area contributed by atoms with E-state index in [1.807, 2.05) is 78.9 Å². The lowest BCUT2D eigenvalue weighted by Gasteiger charge is -2.52. The zero-order valence-corrected chi connectivity index (χ0v) is 17.1. The molecule has 4 nitrogen and oxygen atoms in total. The van der Waals surface area contributed by atoms with Crippen molar-refractivity contribution in [1.29, 1.82) is 0 Å². The molecule has 31 heavy (non-hydrogen) atoms. The van der Waals surface area contributed by atoms with Crippen LogP contribution in [0.15, 0.2) is 78.9 Å². The summed E-state index contributed by atoms with van der Waals surface area (Å²) in [7, 11) is 0. The molecule has 4 heteroatoms. The van der Waals surface area contributed by atoms with Crippen LogP contribution < -0.4 is 0 Å². The van der Waals surface area contributed by atoms with Crippen molar-refractivity contribution < 1.29 is 14.4 Å². The van der Waals surface area contributed by atoms with Gasteiger partial charge >= 0.3 is 0 Å². The predicted octanol–water partition coefficient (Wildman–Crippen LogP) is 3.82. The number of nitrogens with zero attached hydrogens (tertiary/aromatic N) is 1. The van der Waals surface area contributed by atoms with E-state index in [1.54, 1.807) is 6.92 Å². The Labute approximate surface area is 180 Å². The van der Waals surface area contributed by atoms with E-state index < -0.39 is 17.3 Å². The molecule has 3 aromatic carbocycles. The number of rotatable bonds is 3. The Hall–Kier alpha value is -3.53. The van der Waals surface area contributed by atoms with Crippen molar-refractivity contribution in [3.8, 4) is 0 Å². The third-order valence-electron chi connectivity index (χ3n) is 7.45. The van der Waals surface area contributed by atoms with Gasteiger partial charge in [0.25, 0.3) is 0 Å². The molecule has 3 aliphatic carbocycles. The molecule has 2 amide bonds. The highest BCUT2D eigenvalue weighted by molar-refractivity contribution is 6.12. The van der Waals surface area contributed by atoms with E-state index in [1.165, 1.54) is 4.90 Å². The van der Waals surface area contributed by atoms with Gasteiger partial charge in [0.15, 0.2) is 0 Å². The minimum atomic E-state index is -1.12. The summed E-state index contributed by atoms with van der Waals surface area (Å²) in [6.45, 7) is 1.80. The van der Waals surface area contributed by atoms with E-state index in [0.717, 1.165) is 27.8 Å². The highest BCUT2D eigenvalue weighted by Gasteiger charge is 2.69. The van der Waals surface area contributed by atoms with E-state index in [2.05, 4.69) is 0 Å². The third kappa shape index (κ3) is 2.12. The van der Waals surface area contributed by atoms with Gasteiger partial charge in [-0.05, 0) is 34.7 Å². The number of likely N-dealkylation sites (tertiary alicyclic amines) is 1. The molecule has 0 aromatic heterocycles. The number of hydrogen-bond acceptors (Lipinski definition) is 3. The first-order valence-corrected chi connectivity index (χ1v) is 10.7. The summed E-state index contributed by atoms with van der Waals surface area (Å²) in [6, 6.07) is 25.3. The molecule has 7 rings (SSSR count). The van der Waals surface area contributed by atoms with Gasteiger partial charge in [0.1, 0.15) is 5.78 Å². The van der Waals surface area contributed by atoms with Crippen molar-refractivity contribution in [3.63, 3.8) is 0 Å². The zero-order chi connectivity index (χ0) is 21.3. The monoisotopic (exact) mass is 407 g/mol. The SMILES string of the molecule is CC(=O)C12c3ccccc3C(c3ccccc31)[C@H]1C(=O)N(Cc3ccccc3)C(=O)[C@H]12. The molecule has 1 fully saturated rings. The Kier molecular flexibility index (Phi) is 3.67. The van der Waals surface area contributed by atoms with Crippen molar-refractivity contribution in [2.24, 2.45) is 11.8 Å². The van der Waals surface area contributed by atoms with Gasteiger partial charge in [0.05, 0.1) is 23.8 Å². The first-order valence-electron chi connectivity index (χ1n) is 10.7. The first kappa shape index (κ1) is 18.3. The summed E-state index contributed by atoms with van der Waals surface area (Å²) >= 11 is 0. The number of carbonyl (C=O) groups excluding carboxylic acids is 3. The molecule has 4 aliphatic rings. The topological polar surface area (TPSA) is 54.5 Å². The minimum absolute atomic E-state index is 0.0803. The zero-order valence-electron chi connectivity index (χ0n) is 17.1. The first-order chi connectivity index (χ1) is 15.1. The quantitative estimate of drug-likeness (QED) is 0.620. The fourth-order valence-corrected chi connectivity index (χ4v) is 6.35. The standard InChI is InChI=1S/C27H21NO3/c1-16(29)27-20-13-7-5-11-18(20)22(19-12-6-8-14-21(19)27)23-24(27)26(31)28(25(23)30)15-17-9-3-2-4-10-17/h2-14,22-24H,15H2,1H3/t22?,23-,24+,27?/m1/s1. The van der Waals surface area contributed by atoms with E-state index >= 15 is 0 Å². The minimum Gasteiger partial charge on any atom is -0.299 e. The second kappa shape index (κ2) is 6.24. The number of amides is 2. The fraction of sp³-hybridized carbons (Fsp3) is 0.222. The van der Waals surface area contributed by atoms with Gasteiger partial charge in [-0.25, -0.2) is 0 Å². The maximum atomic E-state index is 13.8. The molecular formula is C27H21NO3. The van der Waals surface area contributed by atoms with Gasteiger partial charge in [-0.1, -0.05) is 78.9 Å². The van der Waals surface area contributed by atoms with Crippen LogP contribution in [0.25, 0.3) is 0 Å². The van der Waals surface area contributed by atoms with Crippen molar-refractivity contribution in [1.82, 2.24) is 4.90 Å². The lowest BCUT2D eigenvalue weighted by atomic mass is 9.46. The summed E-state index contributed by atoms with van der Waals surface area (Å²) in [4.78, 5) is 42.4. The Morgan fingerprint density at radius 3 is 1.94 bits per heavy atom. The molecule has 0 radical (unpaired) electrons. The number of Topliss-reactive ketones (excluding diaryl/α,β-unsaturated/α-hetero) is 1. The predicted molar refractivity (Wildman–Crippen MR) is 115 cm³/mol. The number of carbonyl (C=O) groups is 3. The highest BCUT2D eigenvalue weighted by atomic mass is 16.2. The van der Waals surface area contributed by atoms with Crippen LogP contribution >= 0.6 is 0 Å². The molecule has 1 saturated heterocycles. The summed E-state index contributed by atoms with van der Waals surface area (Å²) in [5.41, 5.74) is 3.55.